The van der Waals surface area contributed by atoms with Crippen molar-refractivity contribution < 1.29 is 9.53 Å². The van der Waals surface area contributed by atoms with E-state index >= 15 is 0 Å². The maximum Gasteiger partial charge on any atom is 0.245 e. The van der Waals surface area contributed by atoms with Crippen molar-refractivity contribution in [1.29, 1.82) is 0 Å². The Balaban J connectivity index is 1.94. The summed E-state index contributed by atoms with van der Waals surface area (Å²) in [6.45, 7) is 3.95. The number of ether oxygens (including phenoxy) is 1. The van der Waals surface area contributed by atoms with Gasteiger partial charge in [-0.2, -0.15) is 0 Å². The monoisotopic (exact) mass is 292 g/mol. The molecule has 0 aliphatic heterocycles. The maximum absolute atomic E-state index is 11.8. The van der Waals surface area contributed by atoms with Crippen LogP contribution in [0.15, 0.2) is 18.2 Å². The smallest absolute Gasteiger partial charge is 0.245 e. The highest BCUT2D eigenvalue weighted by molar-refractivity contribution is 7.15. The molecule has 0 aliphatic rings. The molecule has 1 amide bonds. The first-order valence-electron chi connectivity index (χ1n) is 6.07. The van der Waals surface area contributed by atoms with E-state index in [1.54, 1.807) is 7.11 Å². The molecule has 20 heavy (non-hydrogen) atoms. The Bertz CT molecular complexity index is 612. The van der Waals surface area contributed by atoms with Crippen molar-refractivity contribution in [1.82, 2.24) is 10.2 Å². The van der Waals surface area contributed by atoms with Crippen LogP contribution in [0.1, 0.15) is 10.6 Å². The van der Waals surface area contributed by atoms with E-state index in [9.17, 15) is 4.79 Å². The summed E-state index contributed by atoms with van der Waals surface area (Å²) in [6.07, 6.45) is 0. The van der Waals surface area contributed by atoms with Gasteiger partial charge < -0.3 is 10.1 Å². The van der Waals surface area contributed by atoms with Gasteiger partial charge in [0.15, 0.2) is 0 Å². The van der Waals surface area contributed by atoms with Gasteiger partial charge in [0, 0.05) is 0 Å². The van der Waals surface area contributed by atoms with E-state index in [0.717, 1.165) is 16.3 Å². The summed E-state index contributed by atoms with van der Waals surface area (Å²) in [4.78, 5) is 11.8. The second-order valence-electron chi connectivity index (χ2n) is 4.23. The van der Waals surface area contributed by atoms with Crippen molar-refractivity contribution in [3.8, 4) is 5.75 Å². The van der Waals surface area contributed by atoms with Gasteiger partial charge in [0.1, 0.15) is 10.8 Å². The van der Waals surface area contributed by atoms with Crippen LogP contribution in [-0.2, 0) is 4.79 Å². The summed E-state index contributed by atoms with van der Waals surface area (Å²) in [5.41, 5.74) is 1.88. The number of hydrogen-bond donors (Lipinski definition) is 2. The molecule has 106 valence electrons. The van der Waals surface area contributed by atoms with Gasteiger partial charge in [-0.15, -0.1) is 10.2 Å². The van der Waals surface area contributed by atoms with Gasteiger partial charge in [0.2, 0.25) is 11.0 Å². The molecule has 0 atom stereocenters. The molecule has 0 fully saturated rings. The minimum absolute atomic E-state index is 0.137. The predicted octanol–water partition coefficient (Wildman–Crippen LogP) is 2.21. The summed E-state index contributed by atoms with van der Waals surface area (Å²) in [5.74, 6) is 0.528. The fraction of sp³-hybridized carbons (Fsp3) is 0.308. The van der Waals surface area contributed by atoms with Crippen LogP contribution in [0.3, 0.4) is 0 Å². The van der Waals surface area contributed by atoms with Crippen LogP contribution < -0.4 is 15.4 Å². The third-order valence-corrected chi connectivity index (χ3v) is 3.32. The lowest BCUT2D eigenvalue weighted by Gasteiger charge is -2.11. The van der Waals surface area contributed by atoms with Gasteiger partial charge in [0.25, 0.3) is 0 Å². The van der Waals surface area contributed by atoms with E-state index < -0.39 is 0 Å². The average molecular weight is 292 g/mol. The molecule has 0 spiro atoms. The molecule has 0 aliphatic carbocycles. The molecule has 0 unspecified atom stereocenters. The van der Waals surface area contributed by atoms with Gasteiger partial charge in [-0.1, -0.05) is 17.4 Å². The third kappa shape index (κ3) is 3.67. The number of nitrogens with zero attached hydrogens (tertiary/aromatic N) is 2. The Hall–Kier alpha value is -2.15. The summed E-state index contributed by atoms with van der Waals surface area (Å²) in [5, 5.41) is 14.7. The Kier molecular flexibility index (Phi) is 4.52. The predicted molar refractivity (Wildman–Crippen MR) is 79.5 cm³/mol. The number of amides is 1. The van der Waals surface area contributed by atoms with E-state index in [1.807, 2.05) is 32.0 Å². The number of carbonyl (C=O) groups is 1. The lowest BCUT2D eigenvalue weighted by Crippen LogP contribution is -2.21. The molecule has 1 aromatic heterocycles. The lowest BCUT2D eigenvalue weighted by atomic mass is 10.2. The van der Waals surface area contributed by atoms with Gasteiger partial charge >= 0.3 is 0 Å². The lowest BCUT2D eigenvalue weighted by molar-refractivity contribution is -0.114. The van der Waals surface area contributed by atoms with E-state index in [4.69, 9.17) is 4.74 Å². The number of anilines is 2. The molecule has 1 heterocycles. The minimum Gasteiger partial charge on any atom is -0.495 e. The maximum atomic E-state index is 11.8. The molecule has 2 N–H and O–H groups in total. The molecule has 0 saturated heterocycles. The van der Waals surface area contributed by atoms with Crippen molar-refractivity contribution in [3.05, 3.63) is 28.8 Å². The third-order valence-electron chi connectivity index (χ3n) is 2.57. The topological polar surface area (TPSA) is 76.1 Å². The molecule has 7 heteroatoms. The number of benzene rings is 1. The highest BCUT2D eigenvalue weighted by atomic mass is 32.1. The SMILES string of the molecule is COc1ccc(C)cc1NCC(=O)Nc1nnc(C)s1. The Morgan fingerprint density at radius 1 is 1.35 bits per heavy atom. The number of aryl methyl sites for hydroxylation is 2. The van der Waals surface area contributed by atoms with Crippen molar-refractivity contribution in [3.63, 3.8) is 0 Å². The average Bonchev–Trinajstić information content (AvgIpc) is 2.82. The van der Waals surface area contributed by atoms with Crippen molar-refractivity contribution in [2.45, 2.75) is 13.8 Å². The standard InChI is InChI=1S/C13H16N4O2S/c1-8-4-5-11(19-3)10(6-8)14-7-12(18)15-13-17-16-9(2)20-13/h4-6,14H,7H2,1-3H3,(H,15,17,18). The zero-order chi connectivity index (χ0) is 14.5. The Morgan fingerprint density at radius 2 is 2.15 bits per heavy atom. The molecular formula is C13H16N4O2S. The Morgan fingerprint density at radius 3 is 2.80 bits per heavy atom. The van der Waals surface area contributed by atoms with E-state index in [-0.39, 0.29) is 12.5 Å². The molecule has 0 saturated carbocycles. The van der Waals surface area contributed by atoms with E-state index in [1.165, 1.54) is 11.3 Å². The molecule has 2 rings (SSSR count). The van der Waals surface area contributed by atoms with Gasteiger partial charge in [0.05, 0.1) is 19.3 Å². The van der Waals surface area contributed by atoms with Crippen molar-refractivity contribution >= 4 is 28.1 Å². The number of hydrogen-bond acceptors (Lipinski definition) is 6. The highest BCUT2D eigenvalue weighted by Gasteiger charge is 2.08. The Labute approximate surface area is 121 Å². The fourth-order valence-electron chi connectivity index (χ4n) is 1.65. The first kappa shape index (κ1) is 14.3. The molecular weight excluding hydrogens is 276 g/mol. The second kappa shape index (κ2) is 6.33. The van der Waals surface area contributed by atoms with Crippen molar-refractivity contribution in [2.75, 3.05) is 24.3 Å². The van der Waals surface area contributed by atoms with Crippen LogP contribution >= 0.6 is 11.3 Å². The number of carbonyl (C=O) groups excluding carboxylic acids is 1. The van der Waals surface area contributed by atoms with Crippen LogP contribution in [0.2, 0.25) is 0 Å². The second-order valence-corrected chi connectivity index (χ2v) is 5.41. The van der Waals surface area contributed by atoms with Crippen LogP contribution in [0.4, 0.5) is 10.8 Å². The number of nitrogens with one attached hydrogen (secondary N) is 2. The van der Waals surface area contributed by atoms with Crippen LogP contribution in [0, 0.1) is 13.8 Å². The van der Waals surface area contributed by atoms with Crippen molar-refractivity contribution in [2.24, 2.45) is 0 Å². The number of rotatable bonds is 5. The molecule has 0 radical (unpaired) electrons. The highest BCUT2D eigenvalue weighted by Crippen LogP contribution is 2.24. The van der Waals surface area contributed by atoms with Crippen LogP contribution in [-0.4, -0.2) is 29.8 Å². The zero-order valence-corrected chi connectivity index (χ0v) is 12.4. The van der Waals surface area contributed by atoms with Gasteiger partial charge in [-0.25, -0.2) is 0 Å². The molecule has 2 aromatic rings. The largest absolute Gasteiger partial charge is 0.495 e. The zero-order valence-electron chi connectivity index (χ0n) is 11.6. The van der Waals surface area contributed by atoms with Crippen LogP contribution in [0.5, 0.6) is 5.75 Å². The number of methoxy groups -OCH3 is 1. The fourth-order valence-corrected chi connectivity index (χ4v) is 2.25. The quantitative estimate of drug-likeness (QED) is 0.883. The summed E-state index contributed by atoms with van der Waals surface area (Å²) in [6, 6.07) is 5.75. The summed E-state index contributed by atoms with van der Waals surface area (Å²) in [7, 11) is 1.60. The van der Waals surface area contributed by atoms with Gasteiger partial charge in [-0.05, 0) is 31.5 Å². The molecule has 6 nitrogen and oxygen atoms in total. The van der Waals surface area contributed by atoms with Gasteiger partial charge in [-0.3, -0.25) is 10.1 Å². The number of aromatic nitrogens is 2. The normalized spacial score (nSPS) is 10.2. The molecule has 1 aromatic carbocycles. The van der Waals surface area contributed by atoms with E-state index in [2.05, 4.69) is 20.8 Å². The first-order valence-corrected chi connectivity index (χ1v) is 6.88. The minimum atomic E-state index is -0.176. The first-order chi connectivity index (χ1) is 9.58. The van der Waals surface area contributed by atoms with E-state index in [0.29, 0.717) is 10.9 Å². The van der Waals surface area contributed by atoms with Crippen LogP contribution in [0.25, 0.3) is 0 Å². The summed E-state index contributed by atoms with van der Waals surface area (Å²) >= 11 is 1.34. The molecule has 0 bridgehead atoms. The summed E-state index contributed by atoms with van der Waals surface area (Å²) < 4.78 is 5.24.